The Hall–Kier alpha value is -4.03. The number of rotatable bonds is 15. The average molecular weight is 600 g/mol. The van der Waals surface area contributed by atoms with E-state index in [1.165, 1.54) is 43.8 Å². The number of carbonyl (C=O) groups excluding carboxylic acids is 3. The Labute approximate surface area is 243 Å². The lowest BCUT2D eigenvalue weighted by Gasteiger charge is -2.12. The summed E-state index contributed by atoms with van der Waals surface area (Å²) in [5.41, 5.74) is 0.587. The molecule has 1 N–H and O–H groups in total. The molecule has 10 nitrogen and oxygen atoms in total. The smallest absolute Gasteiger partial charge is 0.303 e. The van der Waals surface area contributed by atoms with Gasteiger partial charge in [0.1, 0.15) is 19.0 Å². The summed E-state index contributed by atoms with van der Waals surface area (Å²) in [5, 5.41) is 9.62. The van der Waals surface area contributed by atoms with Crippen LogP contribution in [-0.2, 0) is 9.59 Å². The number of carboxylic acids is 1. The van der Waals surface area contributed by atoms with Crippen molar-refractivity contribution in [2.75, 3.05) is 27.4 Å². The maximum atomic E-state index is 12.6. The molecule has 3 heterocycles. The Bertz CT molecular complexity index is 1620. The number of benzene rings is 1. The molecule has 0 fully saturated rings. The predicted molar refractivity (Wildman–Crippen MR) is 156 cm³/mol. The predicted octanol–water partition coefficient (Wildman–Crippen LogP) is 5.83. The Balaban J connectivity index is 1.43. The van der Waals surface area contributed by atoms with Gasteiger partial charge in [-0.15, -0.1) is 22.7 Å². The Morgan fingerprint density at radius 2 is 1.49 bits per heavy atom. The van der Waals surface area contributed by atoms with Gasteiger partial charge in [0.25, 0.3) is 5.88 Å². The van der Waals surface area contributed by atoms with Crippen molar-refractivity contribution in [3.05, 3.63) is 40.1 Å². The van der Waals surface area contributed by atoms with Crippen LogP contribution in [0.1, 0.15) is 52.5 Å². The first-order chi connectivity index (χ1) is 19.6. The molecule has 1 atom stereocenters. The van der Waals surface area contributed by atoms with E-state index in [0.717, 1.165) is 14.8 Å². The monoisotopic (exact) mass is 599 g/mol. The van der Waals surface area contributed by atoms with E-state index >= 15 is 0 Å². The molecule has 4 aromatic rings. The second-order valence-corrected chi connectivity index (χ2v) is 11.5. The van der Waals surface area contributed by atoms with Gasteiger partial charge in [-0.1, -0.05) is 6.92 Å². The van der Waals surface area contributed by atoms with E-state index in [4.69, 9.17) is 24.1 Å². The maximum absolute atomic E-state index is 12.6. The maximum Gasteiger partial charge on any atom is 0.303 e. The molecule has 0 saturated heterocycles. The number of pyridine rings is 1. The van der Waals surface area contributed by atoms with Gasteiger partial charge in [0.15, 0.2) is 28.8 Å². The molecule has 0 aliphatic rings. The molecule has 0 unspecified atom stereocenters. The van der Waals surface area contributed by atoms with E-state index in [0.29, 0.717) is 32.5 Å². The minimum atomic E-state index is -1.02. The summed E-state index contributed by atoms with van der Waals surface area (Å²) in [6.07, 6.45) is -0.141. The van der Waals surface area contributed by atoms with Gasteiger partial charge in [-0.25, -0.2) is 4.98 Å². The number of ketones is 3. The molecule has 0 saturated carbocycles. The second-order valence-electron chi connectivity index (χ2n) is 9.29. The number of hydrogen-bond donors (Lipinski definition) is 1. The Morgan fingerprint density at radius 3 is 2.17 bits per heavy atom. The third-order valence-electron chi connectivity index (χ3n) is 6.34. The van der Waals surface area contributed by atoms with Crippen LogP contribution in [0.3, 0.4) is 0 Å². The number of carboxylic acid groups (broad SMARTS) is 1. The van der Waals surface area contributed by atoms with Gasteiger partial charge in [0.2, 0.25) is 0 Å². The molecule has 0 aliphatic carbocycles. The van der Waals surface area contributed by atoms with Crippen LogP contribution < -0.4 is 18.9 Å². The fraction of sp³-hybridized carbons (Fsp3) is 0.345. The summed E-state index contributed by atoms with van der Waals surface area (Å²) >= 11 is 2.56. The molecule has 1 aromatic carbocycles. The number of Topliss-reactive ketones (excluding diaryl/α,β-unsaturated/α-hetero) is 3. The van der Waals surface area contributed by atoms with E-state index in [9.17, 15) is 19.2 Å². The van der Waals surface area contributed by atoms with Crippen LogP contribution in [0.25, 0.3) is 20.3 Å². The van der Waals surface area contributed by atoms with E-state index in [-0.39, 0.29) is 61.6 Å². The van der Waals surface area contributed by atoms with E-state index < -0.39 is 5.97 Å². The Morgan fingerprint density at radius 1 is 0.829 bits per heavy atom. The van der Waals surface area contributed by atoms with Crippen molar-refractivity contribution in [2.24, 2.45) is 5.92 Å². The summed E-state index contributed by atoms with van der Waals surface area (Å²) in [5.74, 6) is -0.127. The van der Waals surface area contributed by atoms with Crippen molar-refractivity contribution in [1.82, 2.24) is 4.98 Å². The van der Waals surface area contributed by atoms with E-state index in [1.54, 1.807) is 37.3 Å². The molecule has 0 bridgehead atoms. The summed E-state index contributed by atoms with van der Waals surface area (Å²) < 4.78 is 24.2. The largest absolute Gasteiger partial charge is 0.493 e. The highest BCUT2D eigenvalue weighted by atomic mass is 32.1. The van der Waals surface area contributed by atoms with Gasteiger partial charge in [0.05, 0.1) is 40.6 Å². The molecule has 0 spiro atoms. The van der Waals surface area contributed by atoms with Gasteiger partial charge < -0.3 is 24.1 Å². The molecule has 0 aliphatic heterocycles. The van der Waals surface area contributed by atoms with E-state index in [2.05, 4.69) is 4.98 Å². The van der Waals surface area contributed by atoms with Crippen LogP contribution in [0.5, 0.6) is 23.1 Å². The van der Waals surface area contributed by atoms with Gasteiger partial charge in [-0.2, -0.15) is 0 Å². The normalized spacial score (nSPS) is 11.8. The van der Waals surface area contributed by atoms with Crippen molar-refractivity contribution in [3.8, 4) is 23.1 Å². The summed E-state index contributed by atoms with van der Waals surface area (Å²) in [6, 6.07) is 8.71. The number of aliphatic carboxylic acids is 1. The van der Waals surface area contributed by atoms with Crippen LogP contribution in [0.15, 0.2) is 30.3 Å². The number of carbonyl (C=O) groups is 4. The van der Waals surface area contributed by atoms with Crippen molar-refractivity contribution in [1.29, 1.82) is 0 Å². The highest BCUT2D eigenvalue weighted by Crippen LogP contribution is 2.38. The van der Waals surface area contributed by atoms with Gasteiger partial charge in [-0.05, 0) is 30.5 Å². The lowest BCUT2D eigenvalue weighted by atomic mass is 10.0. The minimum absolute atomic E-state index is 0.0298. The molecular formula is C29H29NO9S2. The molecular weight excluding hydrogens is 570 g/mol. The van der Waals surface area contributed by atoms with E-state index in [1.807, 2.05) is 0 Å². The highest BCUT2D eigenvalue weighted by Gasteiger charge is 2.19. The first kappa shape index (κ1) is 29.9. The molecule has 216 valence electrons. The van der Waals surface area contributed by atoms with Crippen LogP contribution >= 0.6 is 22.7 Å². The van der Waals surface area contributed by atoms with Gasteiger partial charge in [0, 0.05) is 35.6 Å². The van der Waals surface area contributed by atoms with Crippen molar-refractivity contribution in [3.63, 3.8) is 0 Å². The van der Waals surface area contributed by atoms with Crippen molar-refractivity contribution in [2.45, 2.75) is 33.1 Å². The number of hydrogen-bond acceptors (Lipinski definition) is 11. The standard InChI is InChI=1S/C29H29NO9S2/c1-15(16(2)31)9-20(33)27-12-18-25(41-27)14-23(37-4)29(30-18)39-8-7-38-22-10-17-11-26(19(32)5-6-28(34)35)40-24(17)13-21(22)36-3/h10-15H,5-9H2,1-4H3,(H,34,35)/t15-/m0/s1. The fourth-order valence-corrected chi connectivity index (χ4v) is 5.95. The number of methoxy groups -OCH3 is 2. The number of ether oxygens (including phenoxy) is 4. The zero-order valence-electron chi connectivity index (χ0n) is 23.0. The van der Waals surface area contributed by atoms with Gasteiger partial charge >= 0.3 is 5.97 Å². The zero-order valence-corrected chi connectivity index (χ0v) is 24.6. The van der Waals surface area contributed by atoms with Crippen molar-refractivity contribution < 1.29 is 43.2 Å². The molecule has 4 rings (SSSR count). The summed E-state index contributed by atoms with van der Waals surface area (Å²) in [6.45, 7) is 3.49. The quantitative estimate of drug-likeness (QED) is 0.131. The lowest BCUT2D eigenvalue weighted by Crippen LogP contribution is -2.11. The third kappa shape index (κ3) is 7.19. The number of thiophene rings is 2. The number of nitrogens with zero attached hydrogens (tertiary/aromatic N) is 1. The Kier molecular flexibility index (Phi) is 9.56. The first-order valence-electron chi connectivity index (χ1n) is 12.7. The molecule has 12 heteroatoms. The van der Waals surface area contributed by atoms with Crippen LogP contribution in [0.4, 0.5) is 0 Å². The third-order valence-corrected chi connectivity index (χ3v) is 8.59. The number of aromatic nitrogens is 1. The van der Waals surface area contributed by atoms with Crippen molar-refractivity contribution >= 4 is 66.3 Å². The fourth-order valence-electron chi connectivity index (χ4n) is 3.93. The highest BCUT2D eigenvalue weighted by molar-refractivity contribution is 7.21. The summed E-state index contributed by atoms with van der Waals surface area (Å²) in [4.78, 5) is 52.9. The van der Waals surface area contributed by atoms with Crippen LogP contribution in [0, 0.1) is 5.92 Å². The SMILES string of the molecule is COc1cc2sc(C(=O)CCC(=O)O)cc2cc1OCCOc1nc2cc(C(=O)C[C@H](C)C(C)=O)sc2cc1OC. The summed E-state index contributed by atoms with van der Waals surface area (Å²) in [7, 11) is 3.02. The molecule has 0 amide bonds. The number of fused-ring (bicyclic) bond motifs is 2. The molecule has 0 radical (unpaired) electrons. The second kappa shape index (κ2) is 13.1. The minimum Gasteiger partial charge on any atom is -0.493 e. The average Bonchev–Trinajstić information content (AvgIpc) is 3.56. The van der Waals surface area contributed by atoms with Crippen LogP contribution in [-0.4, -0.2) is 60.8 Å². The topological polar surface area (TPSA) is 138 Å². The zero-order chi connectivity index (χ0) is 29.7. The lowest BCUT2D eigenvalue weighted by molar-refractivity contribution is -0.137. The first-order valence-corrected chi connectivity index (χ1v) is 14.4. The molecule has 41 heavy (non-hydrogen) atoms. The van der Waals surface area contributed by atoms with Gasteiger partial charge in [-0.3, -0.25) is 19.2 Å². The van der Waals surface area contributed by atoms with Crippen LogP contribution in [0.2, 0.25) is 0 Å². The molecule has 3 aromatic heterocycles.